The van der Waals surface area contributed by atoms with Crippen LogP contribution in [0.1, 0.15) is 90.2 Å². The molecule has 4 aliphatic rings. The molecule has 310 valence electrons. The molecule has 13 heteroatoms. The van der Waals surface area contributed by atoms with Crippen LogP contribution in [0.3, 0.4) is 0 Å². The third kappa shape index (κ3) is 7.20. The molecule has 1 amide bonds. The summed E-state index contributed by atoms with van der Waals surface area (Å²) < 4.78 is 36.5. The van der Waals surface area contributed by atoms with E-state index in [1.807, 2.05) is 6.92 Å². The van der Waals surface area contributed by atoms with Gasteiger partial charge in [0.05, 0.1) is 35.3 Å². The van der Waals surface area contributed by atoms with Crippen LogP contribution in [0.4, 0.5) is 4.79 Å². The molecule has 3 aliphatic carbocycles. The Balaban J connectivity index is 1.48. The topological polar surface area (TPSA) is 176 Å². The van der Waals surface area contributed by atoms with E-state index in [0.29, 0.717) is 23.1 Å². The first-order valence-electron chi connectivity index (χ1n) is 19.5. The number of carbonyl (C=O) groups excluding carboxylic acids is 4. The fourth-order valence-corrected chi connectivity index (χ4v) is 9.92. The summed E-state index contributed by atoms with van der Waals surface area (Å²) in [6.45, 7) is 14.3. The van der Waals surface area contributed by atoms with Crippen molar-refractivity contribution in [1.82, 2.24) is 5.32 Å². The van der Waals surface area contributed by atoms with Gasteiger partial charge in [0.2, 0.25) is 0 Å². The number of Topliss-reactive ketones (excluding diaryl/α,β-unsaturated/α-hetero) is 1. The minimum absolute atomic E-state index is 0.242. The fourth-order valence-electron chi connectivity index (χ4n) is 9.92. The largest absolute Gasteiger partial charge is 0.456 e. The van der Waals surface area contributed by atoms with Gasteiger partial charge in [0.1, 0.15) is 29.5 Å². The number of fused-ring (bicyclic) bond motifs is 5. The van der Waals surface area contributed by atoms with Gasteiger partial charge in [-0.25, -0.2) is 14.4 Å². The van der Waals surface area contributed by atoms with Crippen molar-refractivity contribution in [3.05, 3.63) is 82.9 Å². The molecule has 0 spiro atoms. The van der Waals surface area contributed by atoms with Crippen LogP contribution in [0, 0.1) is 22.7 Å². The number of ether oxygens (including phenoxy) is 6. The summed E-state index contributed by atoms with van der Waals surface area (Å²) >= 11 is 0. The number of ketones is 1. The zero-order valence-corrected chi connectivity index (χ0v) is 34.5. The number of methoxy groups -OCH3 is 2. The summed E-state index contributed by atoms with van der Waals surface area (Å²) in [7, 11) is 2.94. The fraction of sp³-hybridized carbons (Fsp3) is 0.591. The number of hydrogen-bond donors (Lipinski definition) is 3. The van der Waals surface area contributed by atoms with Crippen LogP contribution in [0.2, 0.25) is 0 Å². The maximum absolute atomic E-state index is 15.4. The zero-order valence-electron chi connectivity index (χ0n) is 34.5. The summed E-state index contributed by atoms with van der Waals surface area (Å²) in [6, 6.07) is 15.5. The van der Waals surface area contributed by atoms with Crippen LogP contribution < -0.4 is 5.32 Å². The van der Waals surface area contributed by atoms with Crippen molar-refractivity contribution in [2.75, 3.05) is 20.8 Å². The maximum atomic E-state index is 15.4. The molecule has 1 saturated heterocycles. The van der Waals surface area contributed by atoms with E-state index < -0.39 is 88.1 Å². The van der Waals surface area contributed by atoms with E-state index in [9.17, 15) is 24.6 Å². The summed E-state index contributed by atoms with van der Waals surface area (Å²) in [5, 5.41) is 27.8. The number of hydrogen-bond acceptors (Lipinski definition) is 12. The van der Waals surface area contributed by atoms with E-state index in [1.165, 1.54) is 14.2 Å². The van der Waals surface area contributed by atoms with Crippen molar-refractivity contribution in [3.63, 3.8) is 0 Å². The minimum Gasteiger partial charge on any atom is -0.456 e. The highest BCUT2D eigenvalue weighted by atomic mass is 16.6. The molecule has 57 heavy (non-hydrogen) atoms. The second kappa shape index (κ2) is 15.2. The van der Waals surface area contributed by atoms with Crippen LogP contribution in [0.15, 0.2) is 71.8 Å². The van der Waals surface area contributed by atoms with E-state index in [4.69, 9.17) is 28.4 Å². The number of benzene rings is 2. The molecule has 0 radical (unpaired) electrons. The third-order valence-electron chi connectivity index (χ3n) is 13.2. The van der Waals surface area contributed by atoms with Gasteiger partial charge in [-0.15, -0.1) is 0 Å². The average molecular weight is 792 g/mol. The Labute approximate surface area is 334 Å². The van der Waals surface area contributed by atoms with Crippen LogP contribution in [0.5, 0.6) is 0 Å². The number of esters is 2. The molecule has 13 nitrogen and oxygen atoms in total. The molecular formula is C44H57NO12. The van der Waals surface area contributed by atoms with E-state index in [-0.39, 0.29) is 30.3 Å². The number of alkyl carbamates (subject to hydrolysis) is 1. The highest BCUT2D eigenvalue weighted by Gasteiger charge is 2.74. The second-order valence-corrected chi connectivity index (χ2v) is 17.9. The Morgan fingerprint density at radius 2 is 1.53 bits per heavy atom. The quantitative estimate of drug-likeness (QED) is 0.171. The lowest BCUT2D eigenvalue weighted by Gasteiger charge is -2.67. The highest BCUT2D eigenvalue weighted by Crippen LogP contribution is 2.65. The zero-order chi connectivity index (χ0) is 41.9. The van der Waals surface area contributed by atoms with Gasteiger partial charge in [0.25, 0.3) is 0 Å². The Morgan fingerprint density at radius 1 is 0.912 bits per heavy atom. The molecular weight excluding hydrogens is 734 g/mol. The smallest absolute Gasteiger partial charge is 0.408 e. The number of amides is 1. The van der Waals surface area contributed by atoms with E-state index in [0.717, 1.165) is 0 Å². The van der Waals surface area contributed by atoms with Crippen molar-refractivity contribution in [1.29, 1.82) is 0 Å². The number of aliphatic hydroxyl groups excluding tert-OH is 1. The molecule has 6 rings (SSSR count). The minimum atomic E-state index is -2.01. The Morgan fingerprint density at radius 3 is 2.07 bits per heavy atom. The van der Waals surface area contributed by atoms with Crippen molar-refractivity contribution in [2.45, 2.75) is 122 Å². The maximum Gasteiger partial charge on any atom is 0.408 e. The lowest BCUT2D eigenvalue weighted by Crippen LogP contribution is -2.77. The van der Waals surface area contributed by atoms with Gasteiger partial charge >= 0.3 is 18.0 Å². The molecule has 3 fully saturated rings. The number of aliphatic hydroxyl groups is 2. The van der Waals surface area contributed by atoms with Gasteiger partial charge in [0, 0.05) is 44.3 Å². The second-order valence-electron chi connectivity index (χ2n) is 17.9. The Kier molecular flexibility index (Phi) is 11.3. The number of rotatable bonds is 9. The predicted octanol–water partition coefficient (Wildman–Crippen LogP) is 5.27. The normalized spacial score (nSPS) is 34.2. The number of carbonyl (C=O) groups is 4. The first kappa shape index (κ1) is 42.5. The van der Waals surface area contributed by atoms with Crippen LogP contribution in [-0.4, -0.2) is 102 Å². The molecule has 1 heterocycles. The predicted molar refractivity (Wildman–Crippen MR) is 207 cm³/mol. The first-order chi connectivity index (χ1) is 26.6. The molecule has 2 bridgehead atoms. The van der Waals surface area contributed by atoms with Gasteiger partial charge < -0.3 is 44.0 Å². The highest BCUT2D eigenvalue weighted by molar-refractivity contribution is 5.94. The molecule has 2 saturated carbocycles. The monoisotopic (exact) mass is 791 g/mol. The lowest BCUT2D eigenvalue weighted by molar-refractivity contribution is -0.313. The molecule has 2 aromatic carbocycles. The summed E-state index contributed by atoms with van der Waals surface area (Å²) in [6.07, 6.45) is -7.25. The molecule has 2 aromatic rings. The standard InChI is InChI=1S/C44H57NO12/c1-24-28(55-38(49)33(46)32(25-17-13-11-14-18-25)45-39(50)57-40(2,3)4)21-44(51)36(56-37(48)26-19-15-12-16-20-26)31-27-23-54-42(27,7)22-29(52-9)43(31,8)35(47)34(53-10)30(24)41(44,5)6/h11-20,27-29,31-34,36,46,51H,21-23H2,1-10H3,(H,45,50)/t27-,28-,29-,31-,32-,33+,34+,36-,42+,43+,44+/m0/s1. The number of nitrogens with one attached hydrogen (secondary N) is 1. The van der Waals surface area contributed by atoms with Gasteiger partial charge in [-0.3, -0.25) is 4.79 Å². The molecule has 3 N–H and O–H groups in total. The summed E-state index contributed by atoms with van der Waals surface area (Å²) in [4.78, 5) is 56.7. The van der Waals surface area contributed by atoms with Crippen LogP contribution >= 0.6 is 0 Å². The Hall–Kier alpha value is -4.14. The van der Waals surface area contributed by atoms with E-state index in [1.54, 1.807) is 109 Å². The van der Waals surface area contributed by atoms with Crippen molar-refractivity contribution in [2.24, 2.45) is 22.7 Å². The molecule has 0 aromatic heterocycles. The van der Waals surface area contributed by atoms with Crippen molar-refractivity contribution >= 4 is 23.8 Å². The van der Waals surface area contributed by atoms with Crippen molar-refractivity contribution < 1.29 is 57.8 Å². The van der Waals surface area contributed by atoms with E-state index in [2.05, 4.69) is 5.32 Å². The van der Waals surface area contributed by atoms with Crippen LogP contribution in [0.25, 0.3) is 0 Å². The molecule has 1 aliphatic heterocycles. The summed E-state index contributed by atoms with van der Waals surface area (Å²) in [5.41, 5.74) is -4.87. The Bertz CT molecular complexity index is 1890. The van der Waals surface area contributed by atoms with Gasteiger partial charge in [-0.05, 0) is 70.4 Å². The third-order valence-corrected chi connectivity index (χ3v) is 13.2. The lowest BCUT2D eigenvalue weighted by atomic mass is 9.44. The van der Waals surface area contributed by atoms with Crippen LogP contribution in [-0.2, 0) is 38.0 Å². The van der Waals surface area contributed by atoms with Gasteiger partial charge in [-0.2, -0.15) is 0 Å². The first-order valence-corrected chi connectivity index (χ1v) is 19.5. The SMILES string of the molecule is CO[C@H]1C(=O)[C@@]2(C)[C@@H]([C@@H]3CO[C@]3(C)C[C@@H]2OC)[C@H](OC(=O)c2ccccc2)[C@]2(O)C[C@H](OC(=O)[C@H](O)[C@@H](NC(=O)OC(C)(C)C)c3ccccc3)C(C)=C1C2(C)C. The molecule has 0 unspecified atom stereocenters. The van der Waals surface area contributed by atoms with Gasteiger partial charge in [0.15, 0.2) is 11.9 Å². The van der Waals surface area contributed by atoms with Crippen molar-refractivity contribution in [3.8, 4) is 0 Å². The summed E-state index contributed by atoms with van der Waals surface area (Å²) in [5.74, 6) is -3.35. The van der Waals surface area contributed by atoms with E-state index >= 15 is 4.79 Å². The van der Waals surface area contributed by atoms with Gasteiger partial charge in [-0.1, -0.05) is 62.4 Å². The molecule has 11 atom stereocenters. The average Bonchev–Trinajstić information content (AvgIpc) is 3.15.